The number of ether oxygens (including phenoxy) is 4. The first-order valence-electron chi connectivity index (χ1n) is 5.48. The van der Waals surface area contributed by atoms with E-state index in [-0.39, 0.29) is 13.6 Å². The molecule has 0 fully saturated rings. The van der Waals surface area contributed by atoms with Crippen LogP contribution in [0.1, 0.15) is 21.5 Å². The van der Waals surface area contributed by atoms with Gasteiger partial charge in [-0.1, -0.05) is 0 Å². The molecule has 0 spiro atoms. The van der Waals surface area contributed by atoms with E-state index in [4.69, 9.17) is 18.9 Å². The van der Waals surface area contributed by atoms with Crippen LogP contribution >= 0.6 is 0 Å². The summed E-state index contributed by atoms with van der Waals surface area (Å²) in [4.78, 5) is 11.0. The summed E-state index contributed by atoms with van der Waals surface area (Å²) in [7, 11) is 3.07. The molecule has 0 aromatic heterocycles. The molecule has 1 rings (SSSR count). The summed E-state index contributed by atoms with van der Waals surface area (Å²) < 4.78 is 20.7. The molecule has 5 nitrogen and oxygen atoms in total. The van der Waals surface area contributed by atoms with Crippen molar-refractivity contribution in [2.24, 2.45) is 0 Å². The summed E-state index contributed by atoms with van der Waals surface area (Å²) in [5.41, 5.74) is 2.10. The zero-order valence-electron chi connectivity index (χ0n) is 11.1. The van der Waals surface area contributed by atoms with Crippen molar-refractivity contribution in [1.29, 1.82) is 0 Å². The quantitative estimate of drug-likeness (QED) is 0.551. The Hall–Kier alpha value is -1.59. The number of aryl methyl sites for hydroxylation is 1. The van der Waals surface area contributed by atoms with Gasteiger partial charge in [-0.05, 0) is 25.5 Å². The first-order valence-corrected chi connectivity index (χ1v) is 5.48. The zero-order chi connectivity index (χ0) is 13.5. The van der Waals surface area contributed by atoms with Gasteiger partial charge in [-0.2, -0.15) is 0 Å². The molecule has 0 atom stereocenters. The summed E-state index contributed by atoms with van der Waals surface area (Å²) >= 11 is 0. The van der Waals surface area contributed by atoms with E-state index in [1.54, 1.807) is 13.0 Å². The first-order chi connectivity index (χ1) is 8.65. The Morgan fingerprint density at radius 1 is 1.06 bits per heavy atom. The van der Waals surface area contributed by atoms with Crippen LogP contribution in [-0.2, 0) is 9.47 Å². The van der Waals surface area contributed by atoms with Gasteiger partial charge in [-0.15, -0.1) is 0 Å². The molecule has 1 aromatic rings. The van der Waals surface area contributed by atoms with Crippen molar-refractivity contribution in [2.45, 2.75) is 13.8 Å². The van der Waals surface area contributed by atoms with Crippen LogP contribution in [0.25, 0.3) is 0 Å². The van der Waals surface area contributed by atoms with Crippen LogP contribution in [0, 0.1) is 13.8 Å². The van der Waals surface area contributed by atoms with Gasteiger partial charge in [0.05, 0.1) is 0 Å². The van der Waals surface area contributed by atoms with E-state index >= 15 is 0 Å². The van der Waals surface area contributed by atoms with Crippen LogP contribution in [0.2, 0.25) is 0 Å². The minimum atomic E-state index is 0.0892. The molecule has 1 aromatic carbocycles. The van der Waals surface area contributed by atoms with E-state index in [1.807, 2.05) is 6.92 Å². The summed E-state index contributed by atoms with van der Waals surface area (Å²) in [5.74, 6) is 1.08. The van der Waals surface area contributed by atoms with Crippen LogP contribution in [-0.4, -0.2) is 34.1 Å². The number of aldehydes is 1. The predicted octanol–water partition coefficient (Wildman–Crippen LogP) is 2.08. The lowest BCUT2D eigenvalue weighted by atomic mass is 10.0. The molecule has 0 aliphatic rings. The van der Waals surface area contributed by atoms with Crippen molar-refractivity contribution in [2.75, 3.05) is 27.8 Å². The maximum absolute atomic E-state index is 11.0. The molecule has 0 aliphatic carbocycles. The molecule has 0 N–H and O–H groups in total. The topological polar surface area (TPSA) is 54.0 Å². The highest BCUT2D eigenvalue weighted by Gasteiger charge is 2.16. The Kier molecular flexibility index (Phi) is 5.61. The summed E-state index contributed by atoms with van der Waals surface area (Å²) in [6.45, 7) is 3.85. The molecular formula is C13H18O5. The van der Waals surface area contributed by atoms with Crippen LogP contribution in [0.15, 0.2) is 6.07 Å². The molecule has 5 heteroatoms. The third-order valence-corrected chi connectivity index (χ3v) is 2.48. The number of carbonyl (C=O) groups is 1. The van der Waals surface area contributed by atoms with E-state index in [9.17, 15) is 4.79 Å². The van der Waals surface area contributed by atoms with E-state index < -0.39 is 0 Å². The number of methoxy groups -OCH3 is 2. The molecule has 0 saturated carbocycles. The van der Waals surface area contributed by atoms with Gasteiger partial charge in [-0.25, -0.2) is 0 Å². The highest BCUT2D eigenvalue weighted by molar-refractivity contribution is 5.80. The van der Waals surface area contributed by atoms with Crippen LogP contribution < -0.4 is 9.47 Å². The Morgan fingerprint density at radius 3 is 2.11 bits per heavy atom. The van der Waals surface area contributed by atoms with Crippen LogP contribution in [0.5, 0.6) is 11.5 Å². The van der Waals surface area contributed by atoms with Crippen molar-refractivity contribution in [1.82, 2.24) is 0 Å². The minimum Gasteiger partial charge on any atom is -0.463 e. The number of carbonyl (C=O) groups excluding carboxylic acids is 1. The second-order valence-electron chi connectivity index (χ2n) is 3.79. The second-order valence-corrected chi connectivity index (χ2v) is 3.79. The van der Waals surface area contributed by atoms with Gasteiger partial charge in [0, 0.05) is 25.3 Å². The average Bonchev–Trinajstić information content (AvgIpc) is 2.37. The Bertz CT molecular complexity index is 414. The van der Waals surface area contributed by atoms with E-state index in [0.29, 0.717) is 17.1 Å². The van der Waals surface area contributed by atoms with Crippen molar-refractivity contribution in [3.63, 3.8) is 0 Å². The molecule has 0 bridgehead atoms. The molecule has 0 aliphatic heterocycles. The van der Waals surface area contributed by atoms with Gasteiger partial charge in [0.2, 0.25) is 0 Å². The SMILES string of the molecule is COCOc1c(C)cc(C=O)c(C)c1OCOC. The lowest BCUT2D eigenvalue weighted by Crippen LogP contribution is -2.08. The van der Waals surface area contributed by atoms with Gasteiger partial charge in [-0.3, -0.25) is 4.79 Å². The molecule has 0 radical (unpaired) electrons. The maximum Gasteiger partial charge on any atom is 0.188 e. The summed E-state index contributed by atoms with van der Waals surface area (Å²) in [5, 5.41) is 0. The van der Waals surface area contributed by atoms with Gasteiger partial charge < -0.3 is 18.9 Å². The van der Waals surface area contributed by atoms with E-state index in [2.05, 4.69) is 0 Å². The maximum atomic E-state index is 11.0. The Balaban J connectivity index is 3.19. The first kappa shape index (κ1) is 14.5. The molecule has 0 amide bonds. The molecule has 0 unspecified atom stereocenters. The van der Waals surface area contributed by atoms with Crippen molar-refractivity contribution >= 4 is 6.29 Å². The van der Waals surface area contributed by atoms with Crippen molar-refractivity contribution in [3.05, 3.63) is 22.8 Å². The average molecular weight is 254 g/mol. The predicted molar refractivity (Wildman–Crippen MR) is 66.3 cm³/mol. The third-order valence-electron chi connectivity index (χ3n) is 2.48. The third kappa shape index (κ3) is 3.21. The van der Waals surface area contributed by atoms with E-state index in [1.165, 1.54) is 14.2 Å². The lowest BCUT2D eigenvalue weighted by molar-refractivity contribution is 0.0314. The summed E-state index contributed by atoms with van der Waals surface area (Å²) in [6, 6.07) is 1.76. The van der Waals surface area contributed by atoms with E-state index in [0.717, 1.165) is 17.4 Å². The molecule has 100 valence electrons. The van der Waals surface area contributed by atoms with Gasteiger partial charge >= 0.3 is 0 Å². The van der Waals surface area contributed by atoms with Gasteiger partial charge in [0.25, 0.3) is 0 Å². The lowest BCUT2D eigenvalue weighted by Gasteiger charge is -2.17. The molecule has 0 saturated heterocycles. The highest BCUT2D eigenvalue weighted by Crippen LogP contribution is 2.36. The number of benzene rings is 1. The fourth-order valence-corrected chi connectivity index (χ4v) is 1.60. The largest absolute Gasteiger partial charge is 0.463 e. The Morgan fingerprint density at radius 2 is 1.61 bits per heavy atom. The minimum absolute atomic E-state index is 0.0892. The van der Waals surface area contributed by atoms with Crippen molar-refractivity contribution in [3.8, 4) is 11.5 Å². The standard InChI is InChI=1S/C13H18O5/c1-9-5-11(6-14)10(2)13(18-8-16-4)12(9)17-7-15-3/h5-6H,7-8H2,1-4H3. The fraction of sp³-hybridized carbons (Fsp3) is 0.462. The smallest absolute Gasteiger partial charge is 0.188 e. The normalized spacial score (nSPS) is 10.2. The molecular weight excluding hydrogens is 236 g/mol. The Labute approximate surface area is 107 Å². The molecule has 0 heterocycles. The second kappa shape index (κ2) is 6.98. The van der Waals surface area contributed by atoms with Gasteiger partial charge in [0.15, 0.2) is 25.1 Å². The monoisotopic (exact) mass is 254 g/mol. The fourth-order valence-electron chi connectivity index (χ4n) is 1.60. The van der Waals surface area contributed by atoms with Gasteiger partial charge in [0.1, 0.15) is 6.29 Å². The van der Waals surface area contributed by atoms with Crippen molar-refractivity contribution < 1.29 is 23.7 Å². The number of rotatable bonds is 7. The summed E-state index contributed by atoms with van der Waals surface area (Å²) in [6.07, 6.45) is 0.794. The highest BCUT2D eigenvalue weighted by atomic mass is 16.7. The number of hydrogen-bond donors (Lipinski definition) is 0. The zero-order valence-corrected chi connectivity index (χ0v) is 11.1. The van der Waals surface area contributed by atoms with Crippen LogP contribution in [0.4, 0.5) is 0 Å². The number of hydrogen-bond acceptors (Lipinski definition) is 5. The van der Waals surface area contributed by atoms with Crippen LogP contribution in [0.3, 0.4) is 0 Å². The molecule has 18 heavy (non-hydrogen) atoms.